The summed E-state index contributed by atoms with van der Waals surface area (Å²) >= 11 is 5.14. The van der Waals surface area contributed by atoms with Crippen LogP contribution in [-0.2, 0) is 24.3 Å². The fourth-order valence-electron chi connectivity index (χ4n) is 1.95. The Labute approximate surface area is 117 Å². The van der Waals surface area contributed by atoms with Crippen molar-refractivity contribution in [2.24, 2.45) is 0 Å². The number of H-pyrrole nitrogens is 1. The van der Waals surface area contributed by atoms with Gasteiger partial charge in [0.05, 0.1) is 6.42 Å². The van der Waals surface area contributed by atoms with Crippen molar-refractivity contribution in [2.45, 2.75) is 26.4 Å². The smallest absolute Gasteiger partial charge is 0.226 e. The fourth-order valence-corrected chi connectivity index (χ4v) is 2.25. The third-order valence-corrected chi connectivity index (χ3v) is 3.28. The van der Waals surface area contributed by atoms with Crippen molar-refractivity contribution in [3.63, 3.8) is 0 Å². The Morgan fingerprint density at radius 3 is 2.79 bits per heavy atom. The summed E-state index contributed by atoms with van der Waals surface area (Å²) < 4.78 is 2.59. The number of amides is 1. The molecular formula is C14H17N3OS. The zero-order chi connectivity index (χ0) is 13.7. The number of benzene rings is 1. The van der Waals surface area contributed by atoms with Gasteiger partial charge in [0.1, 0.15) is 0 Å². The summed E-state index contributed by atoms with van der Waals surface area (Å²) in [6.07, 6.45) is 2.14. The first-order chi connectivity index (χ1) is 9.20. The molecule has 1 aromatic heterocycles. The van der Waals surface area contributed by atoms with E-state index in [0.717, 1.165) is 17.8 Å². The highest BCUT2D eigenvalue weighted by molar-refractivity contribution is 7.71. The summed E-state index contributed by atoms with van der Waals surface area (Å²) in [7, 11) is 0. The van der Waals surface area contributed by atoms with Crippen molar-refractivity contribution in [3.8, 4) is 0 Å². The molecule has 0 unspecified atom stereocenters. The van der Waals surface area contributed by atoms with Crippen LogP contribution < -0.4 is 5.32 Å². The average Bonchev–Trinajstić information content (AvgIpc) is 2.78. The molecule has 0 bridgehead atoms. The molecule has 4 nitrogen and oxygen atoms in total. The van der Waals surface area contributed by atoms with E-state index in [2.05, 4.69) is 10.3 Å². The van der Waals surface area contributed by atoms with Crippen molar-refractivity contribution in [1.82, 2.24) is 14.9 Å². The Hall–Kier alpha value is -1.88. The average molecular weight is 275 g/mol. The maximum absolute atomic E-state index is 11.9. The maximum atomic E-state index is 11.9. The lowest BCUT2D eigenvalue weighted by Gasteiger charge is -2.07. The van der Waals surface area contributed by atoms with E-state index in [-0.39, 0.29) is 5.91 Å². The minimum atomic E-state index is 0.0000491. The van der Waals surface area contributed by atoms with E-state index in [0.29, 0.717) is 17.7 Å². The van der Waals surface area contributed by atoms with Gasteiger partial charge in [0.15, 0.2) is 4.77 Å². The summed E-state index contributed by atoms with van der Waals surface area (Å²) in [5, 5.41) is 2.91. The number of aromatic amines is 1. The van der Waals surface area contributed by atoms with E-state index in [9.17, 15) is 4.79 Å². The van der Waals surface area contributed by atoms with Gasteiger partial charge in [0.25, 0.3) is 0 Å². The van der Waals surface area contributed by atoms with Gasteiger partial charge >= 0.3 is 0 Å². The molecule has 0 saturated carbocycles. The molecule has 0 aliphatic carbocycles. The van der Waals surface area contributed by atoms with Crippen LogP contribution in [0, 0.1) is 4.77 Å². The topological polar surface area (TPSA) is 49.8 Å². The van der Waals surface area contributed by atoms with Crippen LogP contribution in [0.4, 0.5) is 0 Å². The summed E-state index contributed by atoms with van der Waals surface area (Å²) in [6, 6.07) is 9.86. The van der Waals surface area contributed by atoms with Gasteiger partial charge in [0.2, 0.25) is 5.91 Å². The Kier molecular flexibility index (Phi) is 4.52. The molecule has 2 rings (SSSR count). The van der Waals surface area contributed by atoms with Crippen LogP contribution in [0.1, 0.15) is 18.2 Å². The highest BCUT2D eigenvalue weighted by atomic mass is 32.1. The van der Waals surface area contributed by atoms with Crippen molar-refractivity contribution < 1.29 is 4.79 Å². The zero-order valence-electron chi connectivity index (χ0n) is 10.8. The second-order valence-electron chi connectivity index (χ2n) is 4.27. The fraction of sp³-hybridized carbons (Fsp3) is 0.286. The van der Waals surface area contributed by atoms with Gasteiger partial charge in [-0.2, -0.15) is 0 Å². The highest BCUT2D eigenvalue weighted by Gasteiger charge is 2.08. The van der Waals surface area contributed by atoms with E-state index in [1.165, 1.54) is 0 Å². The van der Waals surface area contributed by atoms with Crippen LogP contribution in [0.2, 0.25) is 0 Å². The molecule has 2 aromatic rings. The van der Waals surface area contributed by atoms with Crippen LogP contribution in [0.15, 0.2) is 36.5 Å². The van der Waals surface area contributed by atoms with Crippen molar-refractivity contribution in [1.29, 1.82) is 0 Å². The summed E-state index contributed by atoms with van der Waals surface area (Å²) in [6.45, 7) is 3.33. The lowest BCUT2D eigenvalue weighted by molar-refractivity contribution is -0.120. The molecule has 1 heterocycles. The molecule has 0 saturated heterocycles. The predicted molar refractivity (Wildman–Crippen MR) is 77.3 cm³/mol. The molecule has 2 N–H and O–H groups in total. The first kappa shape index (κ1) is 13.5. The quantitative estimate of drug-likeness (QED) is 0.823. The number of nitrogens with one attached hydrogen (secondary N) is 2. The normalized spacial score (nSPS) is 10.4. The first-order valence-electron chi connectivity index (χ1n) is 6.28. The van der Waals surface area contributed by atoms with Gasteiger partial charge < -0.3 is 14.9 Å². The summed E-state index contributed by atoms with van der Waals surface area (Å²) in [4.78, 5) is 14.9. The maximum Gasteiger partial charge on any atom is 0.226 e. The molecule has 0 aliphatic rings. The number of carbonyl (C=O) groups is 1. The van der Waals surface area contributed by atoms with E-state index in [1.807, 2.05) is 41.8 Å². The molecule has 0 aliphatic heterocycles. The second kappa shape index (κ2) is 6.33. The van der Waals surface area contributed by atoms with Crippen LogP contribution in [0.25, 0.3) is 0 Å². The SMILES string of the molecule is CCn1c(CC(=O)NCc2ccccc2)c[nH]c1=S. The number of nitrogens with zero attached hydrogens (tertiary/aromatic N) is 1. The Balaban J connectivity index is 1.93. The molecule has 1 aromatic carbocycles. The Morgan fingerprint density at radius 2 is 2.11 bits per heavy atom. The number of imidazole rings is 1. The van der Waals surface area contributed by atoms with E-state index < -0.39 is 0 Å². The van der Waals surface area contributed by atoms with E-state index >= 15 is 0 Å². The van der Waals surface area contributed by atoms with Crippen LogP contribution in [0.5, 0.6) is 0 Å². The lowest BCUT2D eigenvalue weighted by atomic mass is 10.2. The largest absolute Gasteiger partial charge is 0.352 e. The van der Waals surface area contributed by atoms with Crippen molar-refractivity contribution in [3.05, 3.63) is 52.6 Å². The van der Waals surface area contributed by atoms with Gasteiger partial charge in [-0.3, -0.25) is 4.79 Å². The molecular weight excluding hydrogens is 258 g/mol. The van der Waals surface area contributed by atoms with Gasteiger partial charge in [-0.1, -0.05) is 30.3 Å². The number of hydrogen-bond acceptors (Lipinski definition) is 2. The molecule has 19 heavy (non-hydrogen) atoms. The Morgan fingerprint density at radius 1 is 1.37 bits per heavy atom. The Bertz CT molecular complexity index is 601. The predicted octanol–water partition coefficient (Wildman–Crippen LogP) is 2.42. The van der Waals surface area contributed by atoms with Gasteiger partial charge in [-0.05, 0) is 24.7 Å². The second-order valence-corrected chi connectivity index (χ2v) is 4.66. The molecule has 0 spiro atoms. The first-order valence-corrected chi connectivity index (χ1v) is 6.69. The number of carbonyl (C=O) groups excluding carboxylic acids is 1. The molecule has 100 valence electrons. The minimum Gasteiger partial charge on any atom is -0.352 e. The van der Waals surface area contributed by atoms with E-state index in [4.69, 9.17) is 12.2 Å². The highest BCUT2D eigenvalue weighted by Crippen LogP contribution is 2.03. The van der Waals surface area contributed by atoms with Crippen LogP contribution >= 0.6 is 12.2 Å². The van der Waals surface area contributed by atoms with Gasteiger partial charge in [-0.15, -0.1) is 0 Å². The van der Waals surface area contributed by atoms with E-state index in [1.54, 1.807) is 6.20 Å². The third-order valence-electron chi connectivity index (χ3n) is 2.94. The minimum absolute atomic E-state index is 0.0000491. The molecule has 0 atom stereocenters. The molecule has 0 radical (unpaired) electrons. The van der Waals surface area contributed by atoms with Gasteiger partial charge in [0, 0.05) is 25.0 Å². The monoisotopic (exact) mass is 275 g/mol. The number of rotatable bonds is 5. The standard InChI is InChI=1S/C14H17N3OS/c1-2-17-12(10-16-14(17)19)8-13(18)15-9-11-6-4-3-5-7-11/h3-7,10H,2,8-9H2,1H3,(H,15,18)(H,16,19). The molecule has 1 amide bonds. The third kappa shape index (κ3) is 3.54. The van der Waals surface area contributed by atoms with Gasteiger partial charge in [-0.25, -0.2) is 0 Å². The zero-order valence-corrected chi connectivity index (χ0v) is 11.7. The molecule has 0 fully saturated rings. The van der Waals surface area contributed by atoms with Crippen molar-refractivity contribution >= 4 is 18.1 Å². The van der Waals surface area contributed by atoms with Crippen LogP contribution in [-0.4, -0.2) is 15.5 Å². The summed E-state index contributed by atoms with van der Waals surface area (Å²) in [5.41, 5.74) is 2.01. The molecule has 5 heteroatoms. The van der Waals surface area contributed by atoms with Crippen LogP contribution in [0.3, 0.4) is 0 Å². The number of aromatic nitrogens is 2. The lowest BCUT2D eigenvalue weighted by Crippen LogP contribution is -2.25. The van der Waals surface area contributed by atoms with Crippen molar-refractivity contribution in [2.75, 3.05) is 0 Å². The summed E-state index contributed by atoms with van der Waals surface area (Å²) in [5.74, 6) is 0.0000491. The number of hydrogen-bond donors (Lipinski definition) is 2.